The van der Waals surface area contributed by atoms with Gasteiger partial charge in [-0.25, -0.2) is 0 Å². The zero-order chi connectivity index (χ0) is 32.3. The van der Waals surface area contributed by atoms with Gasteiger partial charge in [0.15, 0.2) is 14.1 Å². The lowest BCUT2D eigenvalue weighted by molar-refractivity contribution is -0.151. The van der Waals surface area contributed by atoms with Gasteiger partial charge < -0.3 is 18.3 Å². The molecule has 4 nitrogen and oxygen atoms in total. The van der Waals surface area contributed by atoms with Crippen molar-refractivity contribution in [2.75, 3.05) is 4.43 Å². The molecule has 3 rings (SSSR count). The molecule has 0 spiro atoms. The van der Waals surface area contributed by atoms with Crippen molar-refractivity contribution >= 4 is 49.6 Å². The zero-order valence-electron chi connectivity index (χ0n) is 28.7. The second-order valence-electron chi connectivity index (χ2n) is 15.2. The Hall–Kier alpha value is -0.816. The first-order chi connectivity index (χ1) is 19.8. The molecule has 2 aromatic carbocycles. The van der Waals surface area contributed by atoms with Crippen LogP contribution in [-0.2, 0) is 18.3 Å². The summed E-state index contributed by atoms with van der Waals surface area (Å²) in [6, 6.07) is 21.8. The Morgan fingerprint density at radius 1 is 0.814 bits per heavy atom. The molecule has 0 bridgehead atoms. The summed E-state index contributed by atoms with van der Waals surface area (Å²) in [7, 11) is -4.76. The second-order valence-corrected chi connectivity index (χ2v) is 25.3. The third kappa shape index (κ3) is 8.71. The number of hydrogen-bond acceptors (Lipinski definition) is 4. The fraction of sp³-hybridized carbons (Fsp3) is 0.611. The SMILES string of the molecule is C[C@H](C=CC(O[Si](C)(C)C(C)(C)C)[C@H]1OC(C)(C)O[C@H]1CCI)[C@H](C)O[Si](c1ccccc1)(c1ccccc1)C(C)(C)C. The smallest absolute Gasteiger partial charge is 0.261 e. The highest BCUT2D eigenvalue weighted by atomic mass is 127. The predicted molar refractivity (Wildman–Crippen MR) is 196 cm³/mol. The standard InChI is InChI=1S/C36H57IO4Si2/c1-27(23-24-32(41-42(11,12)34(3,4)5)33-31(25-26-37)38-36(9,10)39-33)28(2)40-43(35(6,7)8,29-19-15-13-16-20-29)30-21-17-14-18-22-30/h13-24,27-28,31-33H,25-26H2,1-12H3/t27-,28+,31+,32?,33+/m1/s1. The van der Waals surface area contributed by atoms with E-state index in [9.17, 15) is 0 Å². The van der Waals surface area contributed by atoms with Gasteiger partial charge >= 0.3 is 0 Å². The van der Waals surface area contributed by atoms with E-state index in [0.29, 0.717) is 0 Å². The van der Waals surface area contributed by atoms with E-state index in [1.165, 1.54) is 10.4 Å². The Labute approximate surface area is 278 Å². The van der Waals surface area contributed by atoms with Crippen LogP contribution in [0.25, 0.3) is 0 Å². The van der Waals surface area contributed by atoms with Crippen molar-refractivity contribution in [1.29, 1.82) is 0 Å². The van der Waals surface area contributed by atoms with Crippen LogP contribution in [0.2, 0.25) is 23.2 Å². The minimum Gasteiger partial charge on any atom is -0.408 e. The molecule has 0 aliphatic carbocycles. The summed E-state index contributed by atoms with van der Waals surface area (Å²) in [4.78, 5) is 0. The van der Waals surface area contributed by atoms with Gasteiger partial charge in [-0.2, -0.15) is 0 Å². The monoisotopic (exact) mass is 736 g/mol. The highest BCUT2D eigenvalue weighted by Gasteiger charge is 2.52. The van der Waals surface area contributed by atoms with Gasteiger partial charge in [0.2, 0.25) is 0 Å². The summed E-state index contributed by atoms with van der Waals surface area (Å²) in [6.07, 6.45) is 5.12. The van der Waals surface area contributed by atoms with Crippen molar-refractivity contribution in [1.82, 2.24) is 0 Å². The Morgan fingerprint density at radius 3 is 1.77 bits per heavy atom. The zero-order valence-corrected chi connectivity index (χ0v) is 32.9. The van der Waals surface area contributed by atoms with Crippen LogP contribution in [0.15, 0.2) is 72.8 Å². The van der Waals surface area contributed by atoms with E-state index in [2.05, 4.69) is 164 Å². The van der Waals surface area contributed by atoms with Crippen molar-refractivity contribution in [2.24, 2.45) is 5.92 Å². The fourth-order valence-corrected chi connectivity index (χ4v) is 12.4. The molecule has 0 amide bonds. The van der Waals surface area contributed by atoms with Crippen LogP contribution in [0.4, 0.5) is 0 Å². The van der Waals surface area contributed by atoms with Gasteiger partial charge in [-0.1, -0.05) is 144 Å². The maximum Gasteiger partial charge on any atom is 0.261 e. The molecule has 1 unspecified atom stereocenters. The number of benzene rings is 2. The molecule has 0 saturated carbocycles. The Kier molecular flexibility index (Phi) is 12.2. The molecule has 1 saturated heterocycles. The molecular weight excluding hydrogens is 679 g/mol. The number of ether oxygens (including phenoxy) is 2. The topological polar surface area (TPSA) is 36.9 Å². The van der Waals surface area contributed by atoms with E-state index in [4.69, 9.17) is 18.3 Å². The first-order valence-electron chi connectivity index (χ1n) is 15.9. The van der Waals surface area contributed by atoms with Crippen molar-refractivity contribution in [3.63, 3.8) is 0 Å². The third-order valence-electron chi connectivity index (χ3n) is 9.30. The van der Waals surface area contributed by atoms with Crippen molar-refractivity contribution in [2.45, 2.75) is 129 Å². The summed E-state index contributed by atoms with van der Waals surface area (Å²) in [5, 5.41) is 2.61. The van der Waals surface area contributed by atoms with Crippen LogP contribution in [0.3, 0.4) is 0 Å². The Morgan fingerprint density at radius 2 is 1.33 bits per heavy atom. The molecule has 1 fully saturated rings. The molecule has 0 N–H and O–H groups in total. The first kappa shape index (κ1) is 36.6. The van der Waals surface area contributed by atoms with E-state index < -0.39 is 22.4 Å². The van der Waals surface area contributed by atoms with Gasteiger partial charge in [0.25, 0.3) is 8.32 Å². The molecule has 1 aliphatic heterocycles. The highest BCUT2D eigenvalue weighted by Crippen LogP contribution is 2.41. The van der Waals surface area contributed by atoms with Crippen molar-refractivity contribution in [3.8, 4) is 0 Å². The van der Waals surface area contributed by atoms with E-state index in [0.717, 1.165) is 10.8 Å². The third-order valence-corrected chi connectivity index (χ3v) is 19.5. The molecule has 240 valence electrons. The summed E-state index contributed by atoms with van der Waals surface area (Å²) < 4.78 is 28.5. The molecule has 43 heavy (non-hydrogen) atoms. The van der Waals surface area contributed by atoms with Gasteiger partial charge in [0.05, 0.1) is 12.2 Å². The first-order valence-corrected chi connectivity index (χ1v) is 22.3. The average Bonchev–Trinajstić information content (AvgIpc) is 3.22. The summed E-state index contributed by atoms with van der Waals surface area (Å²) in [5.74, 6) is -0.472. The second kappa shape index (κ2) is 14.3. The quantitative estimate of drug-likeness (QED) is 0.0945. The van der Waals surface area contributed by atoms with Gasteiger partial charge in [0.1, 0.15) is 6.10 Å². The minimum atomic E-state index is -2.66. The highest BCUT2D eigenvalue weighted by molar-refractivity contribution is 14.1. The molecule has 1 heterocycles. The minimum absolute atomic E-state index is 0.00703. The maximum absolute atomic E-state index is 7.44. The van der Waals surface area contributed by atoms with E-state index in [-0.39, 0.29) is 40.4 Å². The van der Waals surface area contributed by atoms with Crippen LogP contribution in [-0.4, -0.2) is 51.3 Å². The molecule has 2 aromatic rings. The number of rotatable bonds is 12. The van der Waals surface area contributed by atoms with Crippen molar-refractivity contribution in [3.05, 3.63) is 72.8 Å². The van der Waals surface area contributed by atoms with Gasteiger partial charge in [-0.15, -0.1) is 0 Å². The molecular formula is C36H57IO4Si2. The molecule has 5 atom stereocenters. The molecule has 0 aromatic heterocycles. The summed E-state index contributed by atoms with van der Waals surface area (Å²) in [6.45, 7) is 27.1. The van der Waals surface area contributed by atoms with E-state index in [1.807, 2.05) is 13.8 Å². The van der Waals surface area contributed by atoms with Gasteiger partial charge in [0, 0.05) is 10.5 Å². The summed E-state index contributed by atoms with van der Waals surface area (Å²) >= 11 is 2.43. The number of halogens is 1. The lowest BCUT2D eigenvalue weighted by atomic mass is 10.0. The number of alkyl halides is 1. The van der Waals surface area contributed by atoms with Crippen LogP contribution >= 0.6 is 22.6 Å². The average molecular weight is 737 g/mol. The Balaban J connectivity index is 1.99. The van der Waals surface area contributed by atoms with E-state index >= 15 is 0 Å². The van der Waals surface area contributed by atoms with E-state index in [1.54, 1.807) is 0 Å². The predicted octanol–water partition coefficient (Wildman–Crippen LogP) is 8.88. The van der Waals surface area contributed by atoms with Crippen LogP contribution in [0.1, 0.15) is 75.7 Å². The summed E-state index contributed by atoms with van der Waals surface area (Å²) in [5.41, 5.74) is 0. The Bertz CT molecular complexity index is 1130. The fourth-order valence-electron chi connectivity index (χ4n) is 5.72. The molecule has 1 aliphatic rings. The van der Waals surface area contributed by atoms with Crippen LogP contribution in [0.5, 0.6) is 0 Å². The lowest BCUT2D eigenvalue weighted by Gasteiger charge is -2.45. The lowest BCUT2D eigenvalue weighted by Crippen LogP contribution is -2.67. The molecule has 7 heteroatoms. The maximum atomic E-state index is 7.44. The number of hydrogen-bond donors (Lipinski definition) is 0. The van der Waals surface area contributed by atoms with Crippen LogP contribution < -0.4 is 10.4 Å². The normalized spacial score (nSPS) is 22.1. The molecule has 0 radical (unpaired) electrons. The van der Waals surface area contributed by atoms with Gasteiger partial charge in [-0.3, -0.25) is 0 Å². The van der Waals surface area contributed by atoms with Crippen LogP contribution in [0, 0.1) is 5.92 Å². The van der Waals surface area contributed by atoms with Gasteiger partial charge in [-0.05, 0) is 66.7 Å². The largest absolute Gasteiger partial charge is 0.408 e. The van der Waals surface area contributed by atoms with Crippen molar-refractivity contribution < 1.29 is 18.3 Å².